The van der Waals surface area contributed by atoms with Gasteiger partial charge in [0, 0.05) is 52.4 Å². The van der Waals surface area contributed by atoms with Crippen LogP contribution in [-0.2, 0) is 5.41 Å². The van der Waals surface area contributed by atoms with Crippen molar-refractivity contribution in [2.45, 2.75) is 44.6 Å². The molecule has 2 heterocycles. The fraction of sp³-hybridized carbons (Fsp3) is 0.346. The van der Waals surface area contributed by atoms with Crippen LogP contribution in [0.2, 0.25) is 0 Å². The summed E-state index contributed by atoms with van der Waals surface area (Å²) < 4.78 is 0. The molecule has 152 valence electrons. The van der Waals surface area contributed by atoms with E-state index in [1.165, 1.54) is 24.0 Å². The number of nitrogens with zero attached hydrogens (tertiary/aromatic N) is 1. The van der Waals surface area contributed by atoms with E-state index in [0.29, 0.717) is 5.69 Å². The van der Waals surface area contributed by atoms with Crippen LogP contribution in [0.1, 0.15) is 65.9 Å². The van der Waals surface area contributed by atoms with Crippen molar-refractivity contribution in [1.82, 2.24) is 9.88 Å². The van der Waals surface area contributed by atoms with Gasteiger partial charge in [-0.25, -0.2) is 0 Å². The molecule has 2 aliphatic carbocycles. The van der Waals surface area contributed by atoms with Crippen molar-refractivity contribution in [3.8, 4) is 0 Å². The molecular formula is C26H27N3O. The molecule has 4 nitrogen and oxygen atoms in total. The number of benzene rings is 2. The first-order valence-corrected chi connectivity index (χ1v) is 11.0. The van der Waals surface area contributed by atoms with E-state index in [0.717, 1.165) is 58.8 Å². The number of H-pyrrole nitrogens is 1. The van der Waals surface area contributed by atoms with Gasteiger partial charge in [0.25, 0.3) is 0 Å². The van der Waals surface area contributed by atoms with Crippen molar-refractivity contribution in [2.75, 3.05) is 18.8 Å². The second kappa shape index (κ2) is 6.08. The third kappa shape index (κ3) is 2.53. The van der Waals surface area contributed by atoms with E-state index in [-0.39, 0.29) is 11.2 Å². The molecular weight excluding hydrogens is 370 g/mol. The Morgan fingerprint density at radius 2 is 1.97 bits per heavy atom. The highest BCUT2D eigenvalue weighted by molar-refractivity contribution is 6.20. The largest absolute Gasteiger partial charge is 0.399 e. The molecule has 3 aromatic rings. The molecule has 30 heavy (non-hydrogen) atoms. The molecule has 0 atom stereocenters. The van der Waals surface area contributed by atoms with E-state index < -0.39 is 0 Å². The predicted octanol–water partition coefficient (Wildman–Crippen LogP) is 4.87. The number of rotatable bonds is 2. The zero-order valence-corrected chi connectivity index (χ0v) is 17.6. The van der Waals surface area contributed by atoms with Crippen molar-refractivity contribution < 1.29 is 4.79 Å². The summed E-state index contributed by atoms with van der Waals surface area (Å²) in [7, 11) is 0. The van der Waals surface area contributed by atoms with Gasteiger partial charge in [0.1, 0.15) is 0 Å². The fourth-order valence-corrected chi connectivity index (χ4v) is 5.38. The molecule has 1 fully saturated rings. The second-order valence-electron chi connectivity index (χ2n) is 9.60. The average molecular weight is 398 g/mol. The lowest BCUT2D eigenvalue weighted by atomic mass is 9.70. The number of carbonyl (C=O) groups is 1. The molecule has 3 aliphatic rings. The Balaban J connectivity index is 1.45. The summed E-state index contributed by atoms with van der Waals surface area (Å²) in [6, 6.07) is 13.1. The van der Waals surface area contributed by atoms with Gasteiger partial charge in [0.05, 0.1) is 5.56 Å². The number of hydrogen-bond donors (Lipinski definition) is 2. The number of aromatic nitrogens is 1. The number of anilines is 1. The maximum absolute atomic E-state index is 13.7. The molecule has 6 rings (SSSR count). The molecule has 4 heteroatoms. The minimum atomic E-state index is -0.269. The van der Waals surface area contributed by atoms with E-state index >= 15 is 0 Å². The maximum Gasteiger partial charge on any atom is 0.195 e. The molecule has 1 saturated carbocycles. The summed E-state index contributed by atoms with van der Waals surface area (Å²) >= 11 is 0. The summed E-state index contributed by atoms with van der Waals surface area (Å²) in [6.45, 7) is 6.55. The molecule has 0 saturated heterocycles. The molecule has 1 aliphatic heterocycles. The van der Waals surface area contributed by atoms with Gasteiger partial charge < -0.3 is 10.7 Å². The monoisotopic (exact) mass is 397 g/mol. The smallest absolute Gasteiger partial charge is 0.195 e. The number of nitrogen functional groups attached to an aromatic ring is 1. The normalized spacial score (nSPS) is 20.7. The first-order valence-electron chi connectivity index (χ1n) is 11.0. The number of carbonyl (C=O) groups excluding carboxylic acids is 1. The van der Waals surface area contributed by atoms with Crippen molar-refractivity contribution in [2.24, 2.45) is 0 Å². The molecule has 3 N–H and O–H groups in total. The van der Waals surface area contributed by atoms with Gasteiger partial charge in [-0.2, -0.15) is 0 Å². The molecule has 0 radical (unpaired) electrons. The highest BCUT2D eigenvalue weighted by atomic mass is 16.1. The Labute approximate surface area is 176 Å². The van der Waals surface area contributed by atoms with Crippen LogP contribution in [0, 0.1) is 0 Å². The SMILES string of the molecule is CC1(C)c2ccc(C3=CCN(C4CC4)CC3)cc2C(=O)c2c1[nH]c1cc(N)ccc21. The molecule has 2 aromatic carbocycles. The standard InChI is InChI=1S/C26H27N3O/c1-26(2)21-8-3-16(15-9-11-29(12-10-15)18-5-6-18)13-20(21)24(30)23-19-7-4-17(27)14-22(19)28-25(23)26/h3-4,7-9,13-14,18,28H,5-6,10-12,27H2,1-2H3. The first-order chi connectivity index (χ1) is 14.4. The first kappa shape index (κ1) is 18.0. The zero-order chi connectivity index (χ0) is 20.6. The van der Waals surface area contributed by atoms with E-state index in [9.17, 15) is 4.79 Å². The summed E-state index contributed by atoms with van der Waals surface area (Å²) in [5.41, 5.74) is 13.7. The second-order valence-corrected chi connectivity index (χ2v) is 9.60. The average Bonchev–Trinajstić information content (AvgIpc) is 3.52. The van der Waals surface area contributed by atoms with Crippen molar-refractivity contribution in [1.29, 1.82) is 0 Å². The highest BCUT2D eigenvalue weighted by Gasteiger charge is 2.40. The van der Waals surface area contributed by atoms with Crippen LogP contribution in [0.3, 0.4) is 0 Å². The summed E-state index contributed by atoms with van der Waals surface area (Å²) in [5.74, 6) is 0.119. The van der Waals surface area contributed by atoms with Crippen molar-refractivity contribution >= 4 is 27.9 Å². The molecule has 0 unspecified atom stereocenters. The van der Waals surface area contributed by atoms with Crippen LogP contribution in [0.4, 0.5) is 5.69 Å². The van der Waals surface area contributed by atoms with E-state index in [1.54, 1.807) is 0 Å². The molecule has 0 spiro atoms. The van der Waals surface area contributed by atoms with Crippen LogP contribution in [0.25, 0.3) is 16.5 Å². The summed E-state index contributed by atoms with van der Waals surface area (Å²) in [5, 5.41) is 0.963. The minimum absolute atomic E-state index is 0.119. The number of aromatic amines is 1. The van der Waals surface area contributed by atoms with Crippen LogP contribution < -0.4 is 5.73 Å². The topological polar surface area (TPSA) is 62.1 Å². The van der Waals surface area contributed by atoms with Crippen LogP contribution in [-0.4, -0.2) is 34.8 Å². The molecule has 0 amide bonds. The quantitative estimate of drug-likeness (QED) is 0.606. The Morgan fingerprint density at radius 3 is 2.70 bits per heavy atom. The van der Waals surface area contributed by atoms with Gasteiger partial charge in [-0.15, -0.1) is 0 Å². The highest BCUT2D eigenvalue weighted by Crippen LogP contribution is 2.44. The number of nitrogens with one attached hydrogen (secondary N) is 1. The van der Waals surface area contributed by atoms with E-state index in [4.69, 9.17) is 5.73 Å². The Hall–Kier alpha value is -2.85. The van der Waals surface area contributed by atoms with Crippen LogP contribution in [0.5, 0.6) is 0 Å². The fourth-order valence-electron chi connectivity index (χ4n) is 5.38. The lowest BCUT2D eigenvalue weighted by Crippen LogP contribution is -2.31. The minimum Gasteiger partial charge on any atom is -0.399 e. The predicted molar refractivity (Wildman–Crippen MR) is 122 cm³/mol. The summed E-state index contributed by atoms with van der Waals surface area (Å²) in [4.78, 5) is 19.7. The van der Waals surface area contributed by atoms with Gasteiger partial charge in [-0.05, 0) is 54.2 Å². The van der Waals surface area contributed by atoms with Gasteiger partial charge in [0.15, 0.2) is 5.78 Å². The van der Waals surface area contributed by atoms with E-state index in [1.807, 2.05) is 18.2 Å². The Morgan fingerprint density at radius 1 is 1.13 bits per heavy atom. The third-order valence-electron chi connectivity index (χ3n) is 7.29. The summed E-state index contributed by atoms with van der Waals surface area (Å²) in [6.07, 6.45) is 6.13. The van der Waals surface area contributed by atoms with Gasteiger partial charge >= 0.3 is 0 Å². The Bertz CT molecular complexity index is 1240. The van der Waals surface area contributed by atoms with Gasteiger partial charge in [0.2, 0.25) is 0 Å². The lowest BCUT2D eigenvalue weighted by molar-refractivity contribution is 0.103. The number of nitrogens with two attached hydrogens (primary N) is 1. The zero-order valence-electron chi connectivity index (χ0n) is 17.6. The third-order valence-corrected chi connectivity index (χ3v) is 7.29. The number of fused-ring (bicyclic) bond motifs is 4. The van der Waals surface area contributed by atoms with Crippen molar-refractivity contribution in [3.05, 3.63) is 70.4 Å². The van der Waals surface area contributed by atoms with E-state index in [2.05, 4.69) is 48.0 Å². The molecule has 0 bridgehead atoms. The number of hydrogen-bond acceptors (Lipinski definition) is 3. The van der Waals surface area contributed by atoms with Gasteiger partial charge in [-0.3, -0.25) is 9.69 Å². The number of ketones is 1. The Kier molecular flexibility index (Phi) is 3.64. The van der Waals surface area contributed by atoms with Crippen LogP contribution >= 0.6 is 0 Å². The van der Waals surface area contributed by atoms with Crippen LogP contribution in [0.15, 0.2) is 42.5 Å². The lowest BCUT2D eigenvalue weighted by Gasteiger charge is -2.33. The maximum atomic E-state index is 13.7. The van der Waals surface area contributed by atoms with Crippen molar-refractivity contribution in [3.63, 3.8) is 0 Å². The molecule has 1 aromatic heterocycles. The van der Waals surface area contributed by atoms with Gasteiger partial charge in [-0.1, -0.05) is 38.1 Å².